The van der Waals surface area contributed by atoms with Crippen molar-refractivity contribution in [3.63, 3.8) is 0 Å². The van der Waals surface area contributed by atoms with Crippen molar-refractivity contribution in [3.05, 3.63) is 29.8 Å². The van der Waals surface area contributed by atoms with E-state index >= 15 is 0 Å². The average molecular weight is 207 g/mol. The lowest BCUT2D eigenvalue weighted by Gasteiger charge is -2.22. The number of benzene rings is 1. The van der Waals surface area contributed by atoms with Gasteiger partial charge in [0.2, 0.25) is 0 Å². The number of ether oxygens (including phenoxy) is 1. The Kier molecular flexibility index (Phi) is 4.63. The number of para-hydroxylation sites is 1. The molecular formula is C13H21NO. The minimum atomic E-state index is 0.183. The summed E-state index contributed by atoms with van der Waals surface area (Å²) in [5.41, 5.74) is 1.27. The lowest BCUT2D eigenvalue weighted by molar-refractivity contribution is 0.181. The highest BCUT2D eigenvalue weighted by Gasteiger charge is 2.12. The first kappa shape index (κ1) is 12.1. The molecule has 0 aliphatic carbocycles. The number of hydrogen-bond acceptors (Lipinski definition) is 2. The summed E-state index contributed by atoms with van der Waals surface area (Å²) in [6.45, 7) is 6.36. The number of aryl methyl sites for hydroxylation is 1. The smallest absolute Gasteiger partial charge is 0.122 e. The van der Waals surface area contributed by atoms with Gasteiger partial charge in [-0.3, -0.25) is 0 Å². The standard InChI is InChI=1S/C13H21NO/c1-5-12-8-6-7-9-13(12)15-11(3)10(2)14-4/h6-11,14H,5H2,1-4H3. The van der Waals surface area contributed by atoms with Crippen molar-refractivity contribution in [2.45, 2.75) is 39.3 Å². The Morgan fingerprint density at radius 2 is 1.93 bits per heavy atom. The molecule has 1 N–H and O–H groups in total. The van der Waals surface area contributed by atoms with E-state index in [2.05, 4.69) is 38.2 Å². The number of nitrogens with one attached hydrogen (secondary N) is 1. The Morgan fingerprint density at radius 1 is 1.27 bits per heavy atom. The highest BCUT2D eigenvalue weighted by atomic mass is 16.5. The van der Waals surface area contributed by atoms with Crippen LogP contribution in [-0.4, -0.2) is 19.2 Å². The summed E-state index contributed by atoms with van der Waals surface area (Å²) < 4.78 is 5.93. The predicted molar refractivity (Wildman–Crippen MR) is 64.4 cm³/mol. The fourth-order valence-electron chi connectivity index (χ4n) is 1.45. The van der Waals surface area contributed by atoms with Gasteiger partial charge in [-0.1, -0.05) is 25.1 Å². The first-order valence-electron chi connectivity index (χ1n) is 5.60. The molecule has 15 heavy (non-hydrogen) atoms. The molecule has 0 radical (unpaired) electrons. The average Bonchev–Trinajstić information content (AvgIpc) is 2.28. The van der Waals surface area contributed by atoms with Gasteiger partial charge < -0.3 is 10.1 Å². The molecular weight excluding hydrogens is 186 g/mol. The van der Waals surface area contributed by atoms with Gasteiger partial charge in [-0.05, 0) is 38.9 Å². The van der Waals surface area contributed by atoms with Crippen molar-refractivity contribution in [1.82, 2.24) is 5.32 Å². The minimum absolute atomic E-state index is 0.183. The predicted octanol–water partition coefficient (Wildman–Crippen LogP) is 2.62. The monoisotopic (exact) mass is 207 g/mol. The molecule has 0 bridgehead atoms. The van der Waals surface area contributed by atoms with E-state index < -0.39 is 0 Å². The number of likely N-dealkylation sites (N-methyl/N-ethyl adjacent to an activating group) is 1. The van der Waals surface area contributed by atoms with E-state index in [0.29, 0.717) is 6.04 Å². The highest BCUT2D eigenvalue weighted by molar-refractivity contribution is 5.33. The van der Waals surface area contributed by atoms with Gasteiger partial charge in [0.15, 0.2) is 0 Å². The molecule has 2 heteroatoms. The van der Waals surface area contributed by atoms with Gasteiger partial charge in [-0.25, -0.2) is 0 Å². The number of hydrogen-bond donors (Lipinski definition) is 1. The third-order valence-corrected chi connectivity index (χ3v) is 2.83. The van der Waals surface area contributed by atoms with Crippen LogP contribution in [0, 0.1) is 0 Å². The second kappa shape index (κ2) is 5.76. The Balaban J connectivity index is 2.71. The van der Waals surface area contributed by atoms with Gasteiger partial charge in [-0.15, -0.1) is 0 Å². The SMILES string of the molecule is CCc1ccccc1OC(C)C(C)NC. The molecule has 2 atom stereocenters. The van der Waals surface area contributed by atoms with E-state index in [9.17, 15) is 0 Å². The summed E-state index contributed by atoms with van der Waals surface area (Å²) in [4.78, 5) is 0. The third-order valence-electron chi connectivity index (χ3n) is 2.83. The van der Waals surface area contributed by atoms with Gasteiger partial charge in [-0.2, -0.15) is 0 Å². The largest absolute Gasteiger partial charge is 0.489 e. The zero-order valence-corrected chi connectivity index (χ0v) is 10.1. The van der Waals surface area contributed by atoms with E-state index in [0.717, 1.165) is 12.2 Å². The summed E-state index contributed by atoms with van der Waals surface area (Å²) >= 11 is 0. The molecule has 0 fully saturated rings. The molecule has 0 aliphatic heterocycles. The molecule has 84 valence electrons. The van der Waals surface area contributed by atoms with Gasteiger partial charge in [0.05, 0.1) is 0 Å². The van der Waals surface area contributed by atoms with Crippen LogP contribution in [0.2, 0.25) is 0 Å². The number of rotatable bonds is 5. The lowest BCUT2D eigenvalue weighted by Crippen LogP contribution is -2.36. The first-order valence-corrected chi connectivity index (χ1v) is 5.60. The van der Waals surface area contributed by atoms with E-state index in [4.69, 9.17) is 4.74 Å². The summed E-state index contributed by atoms with van der Waals surface area (Å²) in [6.07, 6.45) is 1.19. The van der Waals surface area contributed by atoms with E-state index in [1.807, 2.05) is 19.2 Å². The third kappa shape index (κ3) is 3.24. The second-order valence-corrected chi connectivity index (χ2v) is 3.86. The molecule has 0 saturated heterocycles. The fraction of sp³-hybridized carbons (Fsp3) is 0.538. The molecule has 0 spiro atoms. The molecule has 0 aliphatic rings. The molecule has 0 aromatic heterocycles. The fourth-order valence-corrected chi connectivity index (χ4v) is 1.45. The molecule has 0 heterocycles. The highest BCUT2D eigenvalue weighted by Crippen LogP contribution is 2.20. The normalized spacial score (nSPS) is 14.7. The maximum atomic E-state index is 5.93. The van der Waals surface area contributed by atoms with Crippen LogP contribution in [0.3, 0.4) is 0 Å². The van der Waals surface area contributed by atoms with Gasteiger partial charge in [0.1, 0.15) is 11.9 Å². The second-order valence-electron chi connectivity index (χ2n) is 3.86. The van der Waals surface area contributed by atoms with Crippen LogP contribution >= 0.6 is 0 Å². The van der Waals surface area contributed by atoms with Gasteiger partial charge in [0, 0.05) is 6.04 Å². The zero-order chi connectivity index (χ0) is 11.3. The molecule has 1 aromatic rings. The summed E-state index contributed by atoms with van der Waals surface area (Å²) in [5, 5.41) is 3.20. The van der Waals surface area contributed by atoms with Crippen LogP contribution in [0.5, 0.6) is 5.75 Å². The van der Waals surface area contributed by atoms with E-state index in [1.54, 1.807) is 0 Å². The molecule has 2 nitrogen and oxygen atoms in total. The molecule has 2 unspecified atom stereocenters. The van der Waals surface area contributed by atoms with E-state index in [-0.39, 0.29) is 6.10 Å². The van der Waals surface area contributed by atoms with Crippen molar-refractivity contribution in [2.24, 2.45) is 0 Å². The Labute approximate surface area is 92.6 Å². The van der Waals surface area contributed by atoms with Crippen LogP contribution in [0.4, 0.5) is 0 Å². The van der Waals surface area contributed by atoms with Gasteiger partial charge >= 0.3 is 0 Å². The van der Waals surface area contributed by atoms with Crippen LogP contribution in [0.1, 0.15) is 26.3 Å². The van der Waals surface area contributed by atoms with Crippen molar-refractivity contribution >= 4 is 0 Å². The van der Waals surface area contributed by atoms with Crippen molar-refractivity contribution in [1.29, 1.82) is 0 Å². The van der Waals surface area contributed by atoms with Crippen molar-refractivity contribution < 1.29 is 4.74 Å². The van der Waals surface area contributed by atoms with Crippen molar-refractivity contribution in [2.75, 3.05) is 7.05 Å². The summed E-state index contributed by atoms with van der Waals surface area (Å²) in [6, 6.07) is 8.59. The Hall–Kier alpha value is -1.02. The van der Waals surface area contributed by atoms with E-state index in [1.165, 1.54) is 5.56 Å². The first-order chi connectivity index (χ1) is 7.19. The molecule has 1 rings (SSSR count). The van der Waals surface area contributed by atoms with Crippen LogP contribution in [-0.2, 0) is 6.42 Å². The minimum Gasteiger partial charge on any atom is -0.489 e. The van der Waals surface area contributed by atoms with Crippen molar-refractivity contribution in [3.8, 4) is 5.75 Å². The maximum Gasteiger partial charge on any atom is 0.122 e. The van der Waals surface area contributed by atoms with Gasteiger partial charge in [0.25, 0.3) is 0 Å². The lowest BCUT2D eigenvalue weighted by atomic mass is 10.1. The topological polar surface area (TPSA) is 21.3 Å². The quantitative estimate of drug-likeness (QED) is 0.801. The zero-order valence-electron chi connectivity index (χ0n) is 10.1. The molecule has 1 aromatic carbocycles. The summed E-state index contributed by atoms with van der Waals surface area (Å²) in [7, 11) is 1.95. The molecule has 0 amide bonds. The summed E-state index contributed by atoms with van der Waals surface area (Å²) in [5.74, 6) is 1.01. The Bertz CT molecular complexity index is 298. The van der Waals surface area contributed by atoms with Crippen LogP contribution in [0.25, 0.3) is 0 Å². The van der Waals surface area contributed by atoms with Crippen LogP contribution in [0.15, 0.2) is 24.3 Å². The van der Waals surface area contributed by atoms with Crippen LogP contribution < -0.4 is 10.1 Å². The maximum absolute atomic E-state index is 5.93. The Morgan fingerprint density at radius 3 is 2.53 bits per heavy atom. The molecule has 0 saturated carbocycles.